The number of nitrogens with zero attached hydrogens (tertiary/aromatic N) is 2. The van der Waals surface area contributed by atoms with Gasteiger partial charge >= 0.3 is 6.18 Å². The number of carbonyl (C=O) groups is 1. The average Bonchev–Trinajstić information content (AvgIpc) is 3.28. The van der Waals surface area contributed by atoms with E-state index in [2.05, 4.69) is 14.7 Å². The minimum atomic E-state index is -4.75. The third-order valence-electron chi connectivity index (χ3n) is 4.98. The quantitative estimate of drug-likeness (QED) is 0.579. The van der Waals surface area contributed by atoms with Gasteiger partial charge in [-0.2, -0.15) is 17.5 Å². The number of anilines is 2. The molecule has 4 rings (SSSR count). The SMILES string of the molecule is Cc1nsc2[nH]cc(C(=O)Nc3ccc(N4CC[C@H](F)C4)cc3C(F)(F)F)c(=O)c12.[HH].[HH]. The van der Waals surface area contributed by atoms with Gasteiger partial charge in [-0.3, -0.25) is 9.59 Å². The highest BCUT2D eigenvalue weighted by Crippen LogP contribution is 2.38. The van der Waals surface area contributed by atoms with Gasteiger partial charge in [-0.1, -0.05) is 0 Å². The van der Waals surface area contributed by atoms with Crippen LogP contribution in [-0.4, -0.2) is 34.5 Å². The number of carbonyl (C=O) groups excluding carboxylic acids is 1. The lowest BCUT2D eigenvalue weighted by molar-refractivity contribution is -0.136. The lowest BCUT2D eigenvalue weighted by atomic mass is 10.1. The second-order valence-electron chi connectivity index (χ2n) is 7.02. The van der Waals surface area contributed by atoms with Crippen LogP contribution in [0, 0.1) is 6.92 Å². The van der Waals surface area contributed by atoms with Gasteiger partial charge < -0.3 is 15.2 Å². The molecule has 3 aromatic rings. The van der Waals surface area contributed by atoms with Gasteiger partial charge in [-0.05, 0) is 43.1 Å². The van der Waals surface area contributed by atoms with Crippen molar-refractivity contribution in [3.8, 4) is 0 Å². The maximum atomic E-state index is 13.6. The summed E-state index contributed by atoms with van der Waals surface area (Å²) < 4.78 is 58.3. The minimum absolute atomic E-state index is 0. The van der Waals surface area contributed by atoms with E-state index >= 15 is 0 Å². The topological polar surface area (TPSA) is 78.1 Å². The molecule has 162 valence electrons. The number of nitrogens with one attached hydrogen (secondary N) is 2. The summed E-state index contributed by atoms with van der Waals surface area (Å²) in [4.78, 5) is 30.0. The Labute approximate surface area is 174 Å². The number of hydrogen-bond acceptors (Lipinski definition) is 5. The summed E-state index contributed by atoms with van der Waals surface area (Å²) in [7, 11) is 0. The van der Waals surface area contributed by atoms with E-state index < -0.39 is 34.9 Å². The zero-order chi connectivity index (χ0) is 21.6. The fourth-order valence-electron chi connectivity index (χ4n) is 3.46. The molecule has 3 heterocycles. The summed E-state index contributed by atoms with van der Waals surface area (Å²) >= 11 is 1.05. The molecule has 1 aliphatic heterocycles. The van der Waals surface area contributed by atoms with E-state index in [0.29, 0.717) is 17.1 Å². The number of hydrogen-bond donors (Lipinski definition) is 2. The Morgan fingerprint density at radius 1 is 1.40 bits per heavy atom. The Morgan fingerprint density at radius 3 is 2.83 bits per heavy atom. The van der Waals surface area contributed by atoms with Crippen LogP contribution >= 0.6 is 11.5 Å². The number of aromatic amines is 1. The van der Waals surface area contributed by atoms with Crippen LogP contribution in [0.1, 0.15) is 30.9 Å². The fourth-order valence-corrected chi connectivity index (χ4v) is 4.22. The molecule has 1 amide bonds. The molecule has 1 atom stereocenters. The molecule has 2 N–H and O–H groups in total. The molecule has 0 aliphatic carbocycles. The number of aryl methyl sites for hydroxylation is 1. The number of halogens is 4. The zero-order valence-electron chi connectivity index (χ0n) is 15.6. The molecule has 0 spiro atoms. The molecule has 1 saturated heterocycles. The zero-order valence-corrected chi connectivity index (χ0v) is 16.5. The third kappa shape index (κ3) is 3.64. The highest BCUT2D eigenvalue weighted by molar-refractivity contribution is 7.12. The smallest absolute Gasteiger partial charge is 0.368 e. The van der Waals surface area contributed by atoms with Crippen molar-refractivity contribution in [2.45, 2.75) is 25.7 Å². The number of alkyl halides is 4. The van der Waals surface area contributed by atoms with Crippen LogP contribution in [0.25, 0.3) is 10.2 Å². The number of H-pyrrole nitrogens is 1. The number of fused-ring (bicyclic) bond motifs is 1. The number of amides is 1. The van der Waals surface area contributed by atoms with Crippen molar-refractivity contribution in [3.63, 3.8) is 0 Å². The van der Waals surface area contributed by atoms with Crippen LogP contribution in [-0.2, 0) is 6.18 Å². The first-order valence-corrected chi connectivity index (χ1v) is 9.82. The lowest BCUT2D eigenvalue weighted by Crippen LogP contribution is -2.24. The van der Waals surface area contributed by atoms with Crippen LogP contribution in [0.3, 0.4) is 0 Å². The summed E-state index contributed by atoms with van der Waals surface area (Å²) in [6.07, 6.45) is -4.43. The number of aromatic nitrogens is 2. The molecule has 0 radical (unpaired) electrons. The van der Waals surface area contributed by atoms with Gasteiger partial charge in [0.15, 0.2) is 0 Å². The van der Waals surface area contributed by atoms with Crippen molar-refractivity contribution in [2.75, 3.05) is 23.3 Å². The molecule has 0 saturated carbocycles. The van der Waals surface area contributed by atoms with Gasteiger partial charge in [0.1, 0.15) is 16.6 Å². The Bertz CT molecular complexity index is 1200. The van der Waals surface area contributed by atoms with Gasteiger partial charge in [0.25, 0.3) is 5.91 Å². The second-order valence-corrected chi connectivity index (χ2v) is 7.79. The van der Waals surface area contributed by atoms with Gasteiger partial charge in [0.2, 0.25) is 5.43 Å². The molecular formula is C19H20F4N4O2S. The van der Waals surface area contributed by atoms with Gasteiger partial charge in [-0.15, -0.1) is 0 Å². The molecular weight excluding hydrogens is 424 g/mol. The maximum absolute atomic E-state index is 13.6. The van der Waals surface area contributed by atoms with E-state index in [1.807, 2.05) is 0 Å². The standard InChI is InChI=1S/C19H16F4N4O2S.2H2/c1-9-15-16(28)12(7-24-18(15)30-26-9)17(29)25-14-3-2-11(6-13(14)19(21,22)23)27-5-4-10(20)8-27;;/h2-3,6-7,10H,4-5,8H2,1H3,(H,24,28)(H,25,29);2*1H/t10-;;/m0../s1. The summed E-state index contributed by atoms with van der Waals surface area (Å²) in [5, 5.41) is 2.42. The Balaban J connectivity index is 0.00000181. The molecule has 2 aromatic heterocycles. The second kappa shape index (κ2) is 7.38. The molecule has 1 aromatic carbocycles. The predicted molar refractivity (Wildman–Crippen MR) is 110 cm³/mol. The molecule has 0 unspecified atom stereocenters. The predicted octanol–water partition coefficient (Wildman–Crippen LogP) is 4.60. The van der Waals surface area contributed by atoms with Crippen LogP contribution in [0.5, 0.6) is 0 Å². The van der Waals surface area contributed by atoms with Crippen molar-refractivity contribution >= 4 is 39.0 Å². The van der Waals surface area contributed by atoms with Gasteiger partial charge in [0, 0.05) is 27.8 Å². The third-order valence-corrected chi connectivity index (χ3v) is 5.85. The van der Waals surface area contributed by atoms with Crippen LogP contribution in [0.15, 0.2) is 29.2 Å². The fraction of sp³-hybridized carbons (Fsp3) is 0.316. The summed E-state index contributed by atoms with van der Waals surface area (Å²) in [6, 6.07) is 3.39. The van der Waals surface area contributed by atoms with Crippen LogP contribution < -0.4 is 15.6 Å². The van der Waals surface area contributed by atoms with Crippen molar-refractivity contribution in [1.29, 1.82) is 0 Å². The summed E-state index contributed by atoms with van der Waals surface area (Å²) in [5.41, 5.74) is -1.82. The maximum Gasteiger partial charge on any atom is 0.418 e. The highest BCUT2D eigenvalue weighted by Gasteiger charge is 2.35. The molecule has 6 nitrogen and oxygen atoms in total. The van der Waals surface area contributed by atoms with Gasteiger partial charge in [0.05, 0.1) is 22.3 Å². The Hall–Kier alpha value is -2.95. The summed E-state index contributed by atoms with van der Waals surface area (Å²) in [6.45, 7) is 1.94. The van der Waals surface area contributed by atoms with E-state index in [1.165, 1.54) is 11.0 Å². The van der Waals surface area contributed by atoms with E-state index in [1.54, 1.807) is 6.92 Å². The molecule has 0 bridgehead atoms. The van der Waals surface area contributed by atoms with Crippen molar-refractivity contribution in [3.05, 3.63) is 51.4 Å². The number of rotatable bonds is 3. The first kappa shape index (κ1) is 20.3. The van der Waals surface area contributed by atoms with Gasteiger partial charge in [-0.25, -0.2) is 4.39 Å². The molecule has 30 heavy (non-hydrogen) atoms. The average molecular weight is 444 g/mol. The Morgan fingerprint density at radius 2 is 2.17 bits per heavy atom. The van der Waals surface area contributed by atoms with Crippen LogP contribution in [0.2, 0.25) is 0 Å². The highest BCUT2D eigenvalue weighted by atomic mass is 32.1. The van der Waals surface area contributed by atoms with E-state index in [-0.39, 0.29) is 32.5 Å². The summed E-state index contributed by atoms with van der Waals surface area (Å²) in [5.74, 6) is -0.966. The van der Waals surface area contributed by atoms with E-state index in [9.17, 15) is 27.2 Å². The minimum Gasteiger partial charge on any atom is -0.368 e. The Kier molecular flexibility index (Phi) is 5.00. The number of pyridine rings is 1. The normalized spacial score (nSPS) is 17.0. The van der Waals surface area contributed by atoms with Crippen molar-refractivity contribution in [1.82, 2.24) is 9.36 Å². The van der Waals surface area contributed by atoms with Crippen LogP contribution in [0.4, 0.5) is 28.9 Å². The molecule has 11 heteroatoms. The molecule has 1 aliphatic rings. The first-order chi connectivity index (χ1) is 14.1. The van der Waals surface area contributed by atoms with Crippen molar-refractivity contribution < 1.29 is 25.2 Å². The van der Waals surface area contributed by atoms with E-state index in [4.69, 9.17) is 0 Å². The number of benzene rings is 1. The monoisotopic (exact) mass is 444 g/mol. The molecule has 1 fully saturated rings. The van der Waals surface area contributed by atoms with Crippen molar-refractivity contribution in [2.24, 2.45) is 0 Å². The largest absolute Gasteiger partial charge is 0.418 e. The van der Waals surface area contributed by atoms with E-state index in [0.717, 1.165) is 29.9 Å². The first-order valence-electron chi connectivity index (χ1n) is 9.04. The lowest BCUT2D eigenvalue weighted by Gasteiger charge is -2.21.